The summed E-state index contributed by atoms with van der Waals surface area (Å²) >= 11 is 6.39. The topological polar surface area (TPSA) is 34.1 Å². The number of hydrogen-bond acceptors (Lipinski definition) is 2. The Balaban J connectivity index is 3.08. The van der Waals surface area contributed by atoms with E-state index in [2.05, 4.69) is 31.9 Å². The smallest absolute Gasteiger partial charge is 0.221 e. The molecule has 5 heteroatoms. The number of rotatable bonds is 3. The lowest BCUT2D eigenvalue weighted by molar-refractivity contribution is -0.129. The van der Waals surface area contributed by atoms with Crippen molar-refractivity contribution in [2.75, 3.05) is 0 Å². The van der Waals surface area contributed by atoms with Gasteiger partial charge in [-0.25, -0.2) is 4.39 Å². The first-order valence-corrected chi connectivity index (χ1v) is 6.91. The molecule has 18 heavy (non-hydrogen) atoms. The van der Waals surface area contributed by atoms with Gasteiger partial charge < -0.3 is 0 Å². The molecule has 0 heterocycles. The van der Waals surface area contributed by atoms with Gasteiger partial charge in [-0.05, 0) is 18.2 Å². The molecule has 1 aromatic rings. The van der Waals surface area contributed by atoms with E-state index in [4.69, 9.17) is 0 Å². The van der Waals surface area contributed by atoms with Gasteiger partial charge in [0, 0.05) is 19.9 Å². The average Bonchev–Trinajstić information content (AvgIpc) is 2.28. The fourth-order valence-corrected chi connectivity index (χ4v) is 2.13. The van der Waals surface area contributed by atoms with Crippen molar-refractivity contribution in [3.63, 3.8) is 0 Å². The highest BCUT2D eigenvalue weighted by Gasteiger charge is 2.35. The molecule has 0 amide bonds. The maximum absolute atomic E-state index is 13.9. The SMILES string of the molecule is CC(C)(C)C(=O)C(F)C(=O)c1cc(Br)ccc1Br. The minimum atomic E-state index is -2.13. The van der Waals surface area contributed by atoms with Crippen LogP contribution in [-0.2, 0) is 4.79 Å². The number of ketones is 2. The Hall–Kier alpha value is -0.550. The fraction of sp³-hybridized carbons (Fsp3) is 0.385. The zero-order valence-corrected chi connectivity index (χ0v) is 13.4. The van der Waals surface area contributed by atoms with E-state index in [1.165, 1.54) is 6.07 Å². The van der Waals surface area contributed by atoms with Crippen LogP contribution in [0.3, 0.4) is 0 Å². The maximum atomic E-state index is 13.9. The first-order chi connectivity index (χ1) is 8.14. The molecule has 1 aromatic carbocycles. The lowest BCUT2D eigenvalue weighted by Crippen LogP contribution is -2.35. The number of Topliss-reactive ketones (excluding diaryl/α,β-unsaturated/α-hetero) is 2. The summed E-state index contributed by atoms with van der Waals surface area (Å²) in [5, 5.41) is 0. The Morgan fingerprint density at radius 1 is 1.22 bits per heavy atom. The van der Waals surface area contributed by atoms with Gasteiger partial charge in [0.2, 0.25) is 12.0 Å². The molecule has 2 nitrogen and oxygen atoms in total. The minimum Gasteiger partial charge on any atom is -0.295 e. The number of halogens is 3. The Morgan fingerprint density at radius 3 is 2.28 bits per heavy atom. The van der Waals surface area contributed by atoms with E-state index < -0.39 is 23.2 Å². The predicted molar refractivity (Wildman–Crippen MR) is 75.5 cm³/mol. The van der Waals surface area contributed by atoms with E-state index in [1.54, 1.807) is 32.9 Å². The van der Waals surface area contributed by atoms with Gasteiger partial charge in [0.15, 0.2) is 5.78 Å². The molecular weight excluding hydrogens is 367 g/mol. The molecule has 0 saturated carbocycles. The van der Waals surface area contributed by atoms with Crippen LogP contribution in [0.2, 0.25) is 0 Å². The Labute approximate surface area is 122 Å². The molecule has 0 spiro atoms. The molecule has 0 aliphatic carbocycles. The molecule has 98 valence electrons. The van der Waals surface area contributed by atoms with Crippen molar-refractivity contribution in [1.29, 1.82) is 0 Å². The second-order valence-corrected chi connectivity index (χ2v) is 6.74. The van der Waals surface area contributed by atoms with Crippen LogP contribution in [0, 0.1) is 5.41 Å². The third-order valence-corrected chi connectivity index (χ3v) is 3.58. The van der Waals surface area contributed by atoms with Gasteiger partial charge in [-0.3, -0.25) is 9.59 Å². The van der Waals surface area contributed by atoms with Crippen molar-refractivity contribution >= 4 is 43.4 Å². The highest BCUT2D eigenvalue weighted by atomic mass is 79.9. The highest BCUT2D eigenvalue weighted by Crippen LogP contribution is 2.26. The monoisotopic (exact) mass is 378 g/mol. The molecule has 0 aliphatic rings. The molecule has 0 radical (unpaired) electrons. The summed E-state index contributed by atoms with van der Waals surface area (Å²) < 4.78 is 15.1. The number of carbonyl (C=O) groups is 2. The van der Waals surface area contributed by atoms with Crippen molar-refractivity contribution in [1.82, 2.24) is 0 Å². The standard InChI is InChI=1S/C13H13Br2FO2/c1-13(2,3)12(18)10(16)11(17)8-6-7(14)4-5-9(8)15/h4-6,10H,1-3H3. The number of hydrogen-bond donors (Lipinski definition) is 0. The van der Waals surface area contributed by atoms with E-state index in [-0.39, 0.29) is 5.56 Å². The molecule has 0 aliphatic heterocycles. The zero-order valence-electron chi connectivity index (χ0n) is 10.3. The number of carbonyl (C=O) groups excluding carboxylic acids is 2. The summed E-state index contributed by atoms with van der Waals surface area (Å²) in [4.78, 5) is 23.7. The van der Waals surface area contributed by atoms with Gasteiger partial charge in [-0.15, -0.1) is 0 Å². The lowest BCUT2D eigenvalue weighted by Gasteiger charge is -2.19. The summed E-state index contributed by atoms with van der Waals surface area (Å²) in [6.07, 6.45) is -2.13. The van der Waals surface area contributed by atoms with Crippen molar-refractivity contribution in [3.05, 3.63) is 32.7 Å². The second-order valence-electron chi connectivity index (χ2n) is 4.97. The Kier molecular flexibility index (Phi) is 4.84. The fourth-order valence-electron chi connectivity index (χ4n) is 1.32. The first kappa shape index (κ1) is 15.5. The van der Waals surface area contributed by atoms with E-state index in [0.29, 0.717) is 8.95 Å². The third kappa shape index (κ3) is 3.48. The van der Waals surface area contributed by atoms with E-state index in [0.717, 1.165) is 0 Å². The van der Waals surface area contributed by atoms with Crippen LogP contribution in [-0.4, -0.2) is 17.7 Å². The van der Waals surface area contributed by atoms with E-state index in [9.17, 15) is 14.0 Å². The summed E-state index contributed by atoms with van der Waals surface area (Å²) in [5.74, 6) is -1.53. The van der Waals surface area contributed by atoms with Crippen LogP contribution in [0.15, 0.2) is 27.1 Å². The van der Waals surface area contributed by atoms with Crippen molar-refractivity contribution in [3.8, 4) is 0 Å². The van der Waals surface area contributed by atoms with Crippen LogP contribution in [0.1, 0.15) is 31.1 Å². The van der Waals surface area contributed by atoms with Crippen LogP contribution in [0.5, 0.6) is 0 Å². The first-order valence-electron chi connectivity index (χ1n) is 5.32. The third-order valence-electron chi connectivity index (χ3n) is 2.39. The van der Waals surface area contributed by atoms with Gasteiger partial charge >= 0.3 is 0 Å². The minimum absolute atomic E-state index is 0.162. The van der Waals surface area contributed by atoms with Gasteiger partial charge in [0.1, 0.15) is 0 Å². The maximum Gasteiger partial charge on any atom is 0.221 e. The molecule has 0 saturated heterocycles. The number of benzene rings is 1. The molecule has 1 unspecified atom stereocenters. The Bertz CT molecular complexity index is 492. The average molecular weight is 380 g/mol. The summed E-state index contributed by atoms with van der Waals surface area (Å²) in [7, 11) is 0. The summed E-state index contributed by atoms with van der Waals surface area (Å²) in [5.41, 5.74) is -0.720. The van der Waals surface area contributed by atoms with E-state index in [1.807, 2.05) is 0 Å². The predicted octanol–water partition coefficient (Wildman–Crippen LogP) is 4.35. The molecule has 0 fully saturated rings. The van der Waals surface area contributed by atoms with Crippen molar-refractivity contribution in [2.45, 2.75) is 26.9 Å². The van der Waals surface area contributed by atoms with Gasteiger partial charge in [-0.2, -0.15) is 0 Å². The van der Waals surface area contributed by atoms with Crippen LogP contribution in [0.4, 0.5) is 4.39 Å². The zero-order chi connectivity index (χ0) is 14.1. The summed E-state index contributed by atoms with van der Waals surface area (Å²) in [6.45, 7) is 4.77. The summed E-state index contributed by atoms with van der Waals surface area (Å²) in [6, 6.07) is 4.85. The van der Waals surface area contributed by atoms with Crippen LogP contribution in [0.25, 0.3) is 0 Å². The van der Waals surface area contributed by atoms with Crippen molar-refractivity contribution < 1.29 is 14.0 Å². The molecule has 0 N–H and O–H groups in total. The van der Waals surface area contributed by atoms with Crippen LogP contribution >= 0.6 is 31.9 Å². The molecule has 1 atom stereocenters. The van der Waals surface area contributed by atoms with Gasteiger partial charge in [-0.1, -0.05) is 52.6 Å². The normalized spacial score (nSPS) is 13.2. The quantitative estimate of drug-likeness (QED) is 0.578. The van der Waals surface area contributed by atoms with Crippen LogP contribution < -0.4 is 0 Å². The molecular formula is C13H13Br2FO2. The molecule has 0 aromatic heterocycles. The van der Waals surface area contributed by atoms with Gasteiger partial charge in [0.25, 0.3) is 0 Å². The van der Waals surface area contributed by atoms with Crippen molar-refractivity contribution in [2.24, 2.45) is 5.41 Å². The second kappa shape index (κ2) is 5.61. The van der Waals surface area contributed by atoms with E-state index >= 15 is 0 Å². The Morgan fingerprint density at radius 2 is 1.78 bits per heavy atom. The van der Waals surface area contributed by atoms with Gasteiger partial charge in [0.05, 0.1) is 0 Å². The largest absolute Gasteiger partial charge is 0.295 e. The molecule has 0 bridgehead atoms. The lowest BCUT2D eigenvalue weighted by atomic mass is 9.86. The number of alkyl halides is 1. The highest BCUT2D eigenvalue weighted by molar-refractivity contribution is 9.11. The molecule has 1 rings (SSSR count).